The van der Waals surface area contributed by atoms with Crippen LogP contribution in [0.3, 0.4) is 0 Å². The molecule has 2 aliphatic rings. The van der Waals surface area contributed by atoms with Crippen LogP contribution in [0.1, 0.15) is 44.2 Å². The summed E-state index contributed by atoms with van der Waals surface area (Å²) in [4.78, 5) is 2.60. The van der Waals surface area contributed by atoms with Crippen molar-refractivity contribution in [2.45, 2.75) is 50.7 Å². The third kappa shape index (κ3) is 3.23. The van der Waals surface area contributed by atoms with E-state index >= 15 is 0 Å². The van der Waals surface area contributed by atoms with Gasteiger partial charge in [0.15, 0.2) is 0 Å². The molecule has 20 heavy (non-hydrogen) atoms. The molecule has 1 aromatic carbocycles. The van der Waals surface area contributed by atoms with Crippen LogP contribution in [0.2, 0.25) is 0 Å². The van der Waals surface area contributed by atoms with Gasteiger partial charge in [0.05, 0.1) is 4.47 Å². The fraction of sp³-hybridized carbons (Fsp3) is 0.625. The van der Waals surface area contributed by atoms with E-state index in [1.807, 2.05) is 12.1 Å². The van der Waals surface area contributed by atoms with Gasteiger partial charge in [0.1, 0.15) is 5.82 Å². The fourth-order valence-electron chi connectivity index (χ4n) is 3.16. The van der Waals surface area contributed by atoms with Gasteiger partial charge in [-0.2, -0.15) is 0 Å². The summed E-state index contributed by atoms with van der Waals surface area (Å²) in [5.74, 6) is -0.184. The van der Waals surface area contributed by atoms with Crippen LogP contribution in [0.4, 0.5) is 4.39 Å². The van der Waals surface area contributed by atoms with E-state index in [1.54, 1.807) is 6.07 Å². The highest BCUT2D eigenvalue weighted by Gasteiger charge is 2.34. The minimum absolute atomic E-state index is 0.184. The molecule has 1 N–H and O–H groups in total. The maximum Gasteiger partial charge on any atom is 0.137 e. The number of nitrogens with zero attached hydrogens (tertiary/aromatic N) is 1. The zero-order valence-electron chi connectivity index (χ0n) is 11.9. The smallest absolute Gasteiger partial charge is 0.137 e. The molecule has 1 aliphatic carbocycles. The molecule has 2 atom stereocenters. The van der Waals surface area contributed by atoms with Gasteiger partial charge in [-0.3, -0.25) is 4.90 Å². The third-order valence-electron chi connectivity index (χ3n) is 4.53. The third-order valence-corrected chi connectivity index (χ3v) is 5.14. The highest BCUT2D eigenvalue weighted by Crippen LogP contribution is 2.35. The standard InChI is InChI=1S/C16H22BrFN2/c1-11(12-4-7-16(18)15(17)9-12)20(14-5-6-14)10-13-3-2-8-19-13/h4,7,9,11,13-14,19H,2-3,5-6,8,10H2,1H3. The largest absolute Gasteiger partial charge is 0.313 e. The number of benzene rings is 1. The van der Waals surface area contributed by atoms with Crippen molar-refractivity contribution in [1.82, 2.24) is 10.2 Å². The van der Waals surface area contributed by atoms with Crippen LogP contribution in [-0.4, -0.2) is 30.1 Å². The van der Waals surface area contributed by atoms with Crippen molar-refractivity contribution < 1.29 is 4.39 Å². The minimum atomic E-state index is -0.184. The summed E-state index contributed by atoms with van der Waals surface area (Å²) in [5.41, 5.74) is 1.20. The van der Waals surface area contributed by atoms with Crippen LogP contribution in [0.25, 0.3) is 0 Å². The predicted octanol–water partition coefficient (Wildman–Crippen LogP) is 3.87. The fourth-order valence-corrected chi connectivity index (χ4v) is 3.56. The lowest BCUT2D eigenvalue weighted by molar-refractivity contribution is 0.182. The Morgan fingerprint density at radius 3 is 2.80 bits per heavy atom. The van der Waals surface area contributed by atoms with E-state index in [-0.39, 0.29) is 5.82 Å². The first-order valence-electron chi connectivity index (χ1n) is 7.59. The first-order valence-corrected chi connectivity index (χ1v) is 8.38. The average molecular weight is 341 g/mol. The molecule has 2 nitrogen and oxygen atoms in total. The highest BCUT2D eigenvalue weighted by molar-refractivity contribution is 9.10. The number of hydrogen-bond acceptors (Lipinski definition) is 2. The monoisotopic (exact) mass is 340 g/mol. The maximum atomic E-state index is 13.4. The zero-order valence-corrected chi connectivity index (χ0v) is 13.5. The topological polar surface area (TPSA) is 15.3 Å². The second-order valence-electron chi connectivity index (χ2n) is 6.07. The molecule has 4 heteroatoms. The van der Waals surface area contributed by atoms with Gasteiger partial charge in [-0.25, -0.2) is 4.39 Å². The molecule has 0 bridgehead atoms. The SMILES string of the molecule is CC(c1ccc(F)c(Br)c1)N(CC1CCCN1)C1CC1. The molecule has 1 saturated heterocycles. The Kier molecular flexibility index (Phi) is 4.43. The van der Waals surface area contributed by atoms with Crippen molar-refractivity contribution in [2.24, 2.45) is 0 Å². The van der Waals surface area contributed by atoms with E-state index in [0.29, 0.717) is 16.6 Å². The van der Waals surface area contributed by atoms with Crippen LogP contribution in [0, 0.1) is 5.82 Å². The van der Waals surface area contributed by atoms with E-state index in [4.69, 9.17) is 0 Å². The molecule has 110 valence electrons. The first kappa shape index (κ1) is 14.5. The van der Waals surface area contributed by atoms with Crippen molar-refractivity contribution in [1.29, 1.82) is 0 Å². The minimum Gasteiger partial charge on any atom is -0.313 e. The van der Waals surface area contributed by atoms with E-state index < -0.39 is 0 Å². The van der Waals surface area contributed by atoms with E-state index in [1.165, 1.54) is 31.2 Å². The van der Waals surface area contributed by atoms with Crippen molar-refractivity contribution in [2.75, 3.05) is 13.1 Å². The molecule has 2 unspecified atom stereocenters. The maximum absolute atomic E-state index is 13.4. The van der Waals surface area contributed by atoms with Crippen LogP contribution in [-0.2, 0) is 0 Å². The summed E-state index contributed by atoms with van der Waals surface area (Å²) >= 11 is 3.30. The van der Waals surface area contributed by atoms with Crippen molar-refractivity contribution in [3.8, 4) is 0 Å². The predicted molar refractivity (Wildman–Crippen MR) is 83.3 cm³/mol. The molecule has 1 saturated carbocycles. The average Bonchev–Trinajstić information content (AvgIpc) is 3.15. The molecule has 3 rings (SSSR count). The molecular formula is C16H22BrFN2. The van der Waals surface area contributed by atoms with Gasteiger partial charge in [-0.15, -0.1) is 0 Å². The number of rotatable bonds is 5. The molecule has 1 heterocycles. The van der Waals surface area contributed by atoms with Gasteiger partial charge in [0.25, 0.3) is 0 Å². The Balaban J connectivity index is 1.73. The Morgan fingerprint density at radius 1 is 1.40 bits per heavy atom. The van der Waals surface area contributed by atoms with Crippen molar-refractivity contribution in [3.05, 3.63) is 34.1 Å². The van der Waals surface area contributed by atoms with Crippen molar-refractivity contribution >= 4 is 15.9 Å². The Bertz CT molecular complexity index is 470. The van der Waals surface area contributed by atoms with Gasteiger partial charge in [0.2, 0.25) is 0 Å². The molecule has 0 radical (unpaired) electrons. The van der Waals surface area contributed by atoms with E-state index in [9.17, 15) is 4.39 Å². The van der Waals surface area contributed by atoms with E-state index in [0.717, 1.165) is 19.1 Å². The summed E-state index contributed by atoms with van der Waals surface area (Å²) in [7, 11) is 0. The second-order valence-corrected chi connectivity index (χ2v) is 6.93. The van der Waals surface area contributed by atoms with Crippen LogP contribution in [0.15, 0.2) is 22.7 Å². The molecule has 0 spiro atoms. The quantitative estimate of drug-likeness (QED) is 0.875. The Hall–Kier alpha value is -0.450. The molecule has 0 amide bonds. The number of nitrogens with one attached hydrogen (secondary N) is 1. The normalized spacial score (nSPS) is 24.3. The van der Waals surface area contributed by atoms with Crippen LogP contribution < -0.4 is 5.32 Å². The number of hydrogen-bond donors (Lipinski definition) is 1. The zero-order chi connectivity index (χ0) is 14.1. The Morgan fingerprint density at radius 2 is 2.20 bits per heavy atom. The number of halogens is 2. The van der Waals surface area contributed by atoms with E-state index in [2.05, 4.69) is 33.1 Å². The lowest BCUT2D eigenvalue weighted by Gasteiger charge is -2.32. The molecule has 0 aromatic heterocycles. The highest BCUT2D eigenvalue weighted by atomic mass is 79.9. The van der Waals surface area contributed by atoms with Crippen LogP contribution in [0.5, 0.6) is 0 Å². The first-order chi connectivity index (χ1) is 9.65. The summed E-state index contributed by atoms with van der Waals surface area (Å²) in [5, 5.41) is 3.59. The summed E-state index contributed by atoms with van der Waals surface area (Å²) in [6.45, 7) is 4.51. The van der Waals surface area contributed by atoms with Gasteiger partial charge in [-0.1, -0.05) is 6.07 Å². The van der Waals surface area contributed by atoms with Crippen molar-refractivity contribution in [3.63, 3.8) is 0 Å². The summed E-state index contributed by atoms with van der Waals surface area (Å²) in [6.07, 6.45) is 5.18. The molecule has 2 fully saturated rings. The van der Waals surface area contributed by atoms with Gasteiger partial charge >= 0.3 is 0 Å². The van der Waals surface area contributed by atoms with Gasteiger partial charge in [0, 0.05) is 24.7 Å². The molecular weight excluding hydrogens is 319 g/mol. The lowest BCUT2D eigenvalue weighted by atomic mass is 10.1. The Labute approximate surface area is 128 Å². The summed E-state index contributed by atoms with van der Waals surface area (Å²) in [6, 6.07) is 7.11. The van der Waals surface area contributed by atoms with Crippen LogP contribution >= 0.6 is 15.9 Å². The molecule has 1 aromatic rings. The lowest BCUT2D eigenvalue weighted by Crippen LogP contribution is -2.40. The second kappa shape index (κ2) is 6.12. The molecule has 1 aliphatic heterocycles. The van der Waals surface area contributed by atoms with Gasteiger partial charge in [-0.05, 0) is 72.8 Å². The van der Waals surface area contributed by atoms with Gasteiger partial charge < -0.3 is 5.32 Å². The summed E-state index contributed by atoms with van der Waals surface area (Å²) < 4.78 is 14.0.